The summed E-state index contributed by atoms with van der Waals surface area (Å²) < 4.78 is 0. The topological polar surface area (TPSA) is 24.1 Å². The molecule has 1 atom stereocenters. The molecule has 0 radical (unpaired) electrons. The summed E-state index contributed by atoms with van der Waals surface area (Å²) in [6, 6.07) is 0. The molecule has 1 unspecified atom stereocenters. The molecule has 64 valence electrons. The summed E-state index contributed by atoms with van der Waals surface area (Å²) in [4.78, 5) is 0. The second kappa shape index (κ2) is 2.76. The predicted octanol–water partition coefficient (Wildman–Crippen LogP) is 0.738. The fraction of sp³-hybridized carbons (Fsp3) is 1.00. The zero-order chi connectivity index (χ0) is 7.73. The smallest absolute Gasteiger partial charge is 0.0220 e. The summed E-state index contributed by atoms with van der Waals surface area (Å²) in [5.41, 5.74) is 0.549. The Balaban J connectivity index is 1.92. The Labute approximate surface area is 68.7 Å². The molecule has 1 aliphatic heterocycles. The third-order valence-electron chi connectivity index (χ3n) is 3.36. The summed E-state index contributed by atoms with van der Waals surface area (Å²) in [6.07, 6.45) is 5.59. The van der Waals surface area contributed by atoms with E-state index in [0.29, 0.717) is 5.54 Å². The zero-order valence-corrected chi connectivity index (χ0v) is 7.32. The molecule has 1 aliphatic carbocycles. The number of hydrogen-bond donors (Lipinski definition) is 2. The largest absolute Gasteiger partial charge is 0.316 e. The van der Waals surface area contributed by atoms with E-state index in [1.54, 1.807) is 0 Å². The van der Waals surface area contributed by atoms with Gasteiger partial charge in [-0.05, 0) is 51.7 Å². The lowest BCUT2D eigenvalue weighted by atomic mass is 9.90. The van der Waals surface area contributed by atoms with Crippen LogP contribution in [0.15, 0.2) is 0 Å². The summed E-state index contributed by atoms with van der Waals surface area (Å²) in [7, 11) is 2.11. The third-order valence-corrected chi connectivity index (χ3v) is 3.36. The quantitative estimate of drug-likeness (QED) is 0.613. The predicted molar refractivity (Wildman–Crippen MR) is 46.6 cm³/mol. The monoisotopic (exact) mass is 154 g/mol. The van der Waals surface area contributed by atoms with Gasteiger partial charge in [-0.2, -0.15) is 0 Å². The van der Waals surface area contributed by atoms with Crippen LogP contribution in [0.25, 0.3) is 0 Å². The molecule has 0 aromatic heterocycles. The first-order chi connectivity index (χ1) is 5.37. The van der Waals surface area contributed by atoms with Crippen LogP contribution in [-0.2, 0) is 0 Å². The number of rotatable bonds is 2. The minimum atomic E-state index is 0.549. The minimum Gasteiger partial charge on any atom is -0.316 e. The average Bonchev–Trinajstić information content (AvgIpc) is 2.86. The van der Waals surface area contributed by atoms with Crippen LogP contribution in [-0.4, -0.2) is 25.7 Å². The van der Waals surface area contributed by atoms with E-state index in [-0.39, 0.29) is 0 Å². The van der Waals surface area contributed by atoms with Gasteiger partial charge in [-0.25, -0.2) is 0 Å². The van der Waals surface area contributed by atoms with Crippen LogP contribution >= 0.6 is 0 Å². The second-order valence-corrected chi connectivity index (χ2v) is 3.95. The van der Waals surface area contributed by atoms with Crippen molar-refractivity contribution in [2.24, 2.45) is 5.92 Å². The van der Waals surface area contributed by atoms with Gasteiger partial charge in [0.25, 0.3) is 0 Å². The van der Waals surface area contributed by atoms with Gasteiger partial charge in [0.15, 0.2) is 0 Å². The van der Waals surface area contributed by atoms with E-state index in [4.69, 9.17) is 0 Å². The van der Waals surface area contributed by atoms with Gasteiger partial charge < -0.3 is 10.6 Å². The highest BCUT2D eigenvalue weighted by atomic mass is 15.0. The first-order valence-electron chi connectivity index (χ1n) is 4.77. The molecular weight excluding hydrogens is 136 g/mol. The Morgan fingerprint density at radius 3 is 2.73 bits per heavy atom. The van der Waals surface area contributed by atoms with Crippen LogP contribution < -0.4 is 10.6 Å². The maximum absolute atomic E-state index is 3.48. The molecule has 2 nitrogen and oxygen atoms in total. The van der Waals surface area contributed by atoms with E-state index < -0.39 is 0 Å². The number of piperidine rings is 1. The molecule has 1 heterocycles. The highest BCUT2D eigenvalue weighted by Gasteiger charge is 2.47. The van der Waals surface area contributed by atoms with Crippen molar-refractivity contribution in [1.82, 2.24) is 10.6 Å². The fourth-order valence-corrected chi connectivity index (χ4v) is 2.32. The Morgan fingerprint density at radius 2 is 2.27 bits per heavy atom. The average molecular weight is 154 g/mol. The van der Waals surface area contributed by atoms with E-state index in [1.165, 1.54) is 38.8 Å². The van der Waals surface area contributed by atoms with Crippen molar-refractivity contribution in [2.75, 3.05) is 20.1 Å². The lowest BCUT2D eigenvalue weighted by molar-refractivity contribution is 0.278. The van der Waals surface area contributed by atoms with Crippen molar-refractivity contribution in [2.45, 2.75) is 31.2 Å². The molecule has 1 saturated heterocycles. The molecule has 0 bridgehead atoms. The van der Waals surface area contributed by atoms with Crippen molar-refractivity contribution in [3.63, 3.8) is 0 Å². The van der Waals surface area contributed by atoms with Crippen molar-refractivity contribution in [1.29, 1.82) is 0 Å². The third kappa shape index (κ3) is 1.30. The van der Waals surface area contributed by atoms with Crippen LogP contribution in [0.2, 0.25) is 0 Å². The zero-order valence-electron chi connectivity index (χ0n) is 7.32. The van der Waals surface area contributed by atoms with Gasteiger partial charge in [-0.15, -0.1) is 0 Å². The van der Waals surface area contributed by atoms with E-state index in [0.717, 1.165) is 5.92 Å². The van der Waals surface area contributed by atoms with E-state index in [1.807, 2.05) is 0 Å². The maximum Gasteiger partial charge on any atom is 0.0220 e. The fourth-order valence-electron chi connectivity index (χ4n) is 2.32. The number of hydrogen-bond acceptors (Lipinski definition) is 2. The number of nitrogens with one attached hydrogen (secondary N) is 2. The molecule has 0 aromatic carbocycles. The Morgan fingerprint density at radius 1 is 1.45 bits per heavy atom. The minimum absolute atomic E-state index is 0.549. The molecule has 0 amide bonds. The first kappa shape index (κ1) is 7.56. The van der Waals surface area contributed by atoms with E-state index in [9.17, 15) is 0 Å². The highest BCUT2D eigenvalue weighted by Crippen LogP contribution is 2.44. The molecule has 11 heavy (non-hydrogen) atoms. The van der Waals surface area contributed by atoms with E-state index in [2.05, 4.69) is 17.7 Å². The standard InChI is InChI=1S/C9H18N2/c1-10-9(4-5-9)8-3-2-6-11-7-8/h8,10-11H,2-7H2,1H3. The van der Waals surface area contributed by atoms with Gasteiger partial charge in [0.2, 0.25) is 0 Å². The summed E-state index contributed by atoms with van der Waals surface area (Å²) in [5.74, 6) is 0.904. The van der Waals surface area contributed by atoms with Crippen LogP contribution in [0, 0.1) is 5.92 Å². The van der Waals surface area contributed by atoms with Gasteiger partial charge in [0, 0.05) is 5.54 Å². The van der Waals surface area contributed by atoms with Crippen molar-refractivity contribution < 1.29 is 0 Å². The van der Waals surface area contributed by atoms with Crippen LogP contribution in [0.4, 0.5) is 0 Å². The molecule has 2 aliphatic rings. The molecule has 1 saturated carbocycles. The normalized spacial score (nSPS) is 35.2. The van der Waals surface area contributed by atoms with Crippen molar-refractivity contribution >= 4 is 0 Å². The SMILES string of the molecule is CNC1(C2CCCNC2)CC1. The molecule has 0 aromatic rings. The maximum atomic E-state index is 3.48. The lowest BCUT2D eigenvalue weighted by Crippen LogP contribution is -2.44. The Hall–Kier alpha value is -0.0800. The van der Waals surface area contributed by atoms with Gasteiger partial charge in [0.05, 0.1) is 0 Å². The summed E-state index contributed by atoms with van der Waals surface area (Å²) in [5, 5.41) is 6.96. The highest BCUT2D eigenvalue weighted by molar-refractivity contribution is 5.07. The van der Waals surface area contributed by atoms with Crippen molar-refractivity contribution in [3.05, 3.63) is 0 Å². The van der Waals surface area contributed by atoms with Gasteiger partial charge >= 0.3 is 0 Å². The Kier molecular flexibility index (Phi) is 1.90. The molecule has 2 fully saturated rings. The summed E-state index contributed by atoms with van der Waals surface area (Å²) >= 11 is 0. The lowest BCUT2D eigenvalue weighted by Gasteiger charge is -2.30. The Bertz CT molecular complexity index is 134. The first-order valence-corrected chi connectivity index (χ1v) is 4.77. The molecule has 2 rings (SSSR count). The van der Waals surface area contributed by atoms with E-state index >= 15 is 0 Å². The molecule has 2 N–H and O–H groups in total. The van der Waals surface area contributed by atoms with Gasteiger partial charge in [-0.3, -0.25) is 0 Å². The second-order valence-electron chi connectivity index (χ2n) is 3.95. The summed E-state index contributed by atoms with van der Waals surface area (Å²) in [6.45, 7) is 2.47. The van der Waals surface area contributed by atoms with Crippen molar-refractivity contribution in [3.8, 4) is 0 Å². The van der Waals surface area contributed by atoms with Crippen LogP contribution in [0.1, 0.15) is 25.7 Å². The van der Waals surface area contributed by atoms with Gasteiger partial charge in [-0.1, -0.05) is 0 Å². The van der Waals surface area contributed by atoms with Gasteiger partial charge in [0.1, 0.15) is 0 Å². The van der Waals surface area contributed by atoms with Crippen LogP contribution in [0.3, 0.4) is 0 Å². The van der Waals surface area contributed by atoms with Crippen LogP contribution in [0.5, 0.6) is 0 Å². The molecule has 2 heteroatoms. The molecular formula is C9H18N2. The molecule has 0 spiro atoms.